The molecule has 0 aliphatic rings. The second-order valence-electron chi connectivity index (χ2n) is 5.14. The van der Waals surface area contributed by atoms with Gasteiger partial charge in [0.2, 0.25) is 4.80 Å². The van der Waals surface area contributed by atoms with E-state index in [1.165, 1.54) is 35.6 Å². The molecule has 3 rings (SSSR count). The van der Waals surface area contributed by atoms with Crippen LogP contribution in [0.25, 0.3) is 10.2 Å². The molecule has 0 saturated heterocycles. The van der Waals surface area contributed by atoms with Gasteiger partial charge in [-0.15, -0.1) is 11.0 Å². The molecule has 5 nitrogen and oxygen atoms in total. The van der Waals surface area contributed by atoms with E-state index in [1.54, 1.807) is 17.8 Å². The summed E-state index contributed by atoms with van der Waals surface area (Å²) in [6.07, 6.45) is 1.70. The Balaban J connectivity index is 2.22. The quantitative estimate of drug-likeness (QED) is 0.617. The Labute approximate surface area is 154 Å². The Bertz CT molecular complexity index is 1100. The van der Waals surface area contributed by atoms with Crippen molar-refractivity contribution in [1.82, 2.24) is 4.57 Å². The molecule has 1 heterocycles. The third-order valence-corrected chi connectivity index (χ3v) is 6.20. The zero-order valence-electron chi connectivity index (χ0n) is 13.3. The molecule has 25 heavy (non-hydrogen) atoms. The first kappa shape index (κ1) is 17.7. The summed E-state index contributed by atoms with van der Waals surface area (Å²) < 4.78 is 37.1. The molecule has 0 amide bonds. The molecule has 0 bridgehead atoms. The van der Waals surface area contributed by atoms with E-state index in [-0.39, 0.29) is 4.90 Å². The first-order valence-electron chi connectivity index (χ1n) is 7.29. The number of rotatable bonds is 5. The average molecular weight is 395 g/mol. The van der Waals surface area contributed by atoms with Crippen molar-refractivity contribution >= 4 is 43.2 Å². The summed E-state index contributed by atoms with van der Waals surface area (Å²) in [7, 11) is -2.26. The van der Waals surface area contributed by atoms with Crippen LogP contribution in [0.1, 0.15) is 0 Å². The van der Waals surface area contributed by atoms with Gasteiger partial charge < -0.3 is 9.30 Å². The van der Waals surface area contributed by atoms with Crippen molar-refractivity contribution in [2.24, 2.45) is 4.40 Å². The number of allylic oxidation sites excluding steroid dienone is 1. The largest absolute Gasteiger partial charge is 0.497 e. The number of fused-ring (bicyclic) bond motifs is 1. The second-order valence-corrected chi connectivity index (χ2v) is 8.19. The smallest absolute Gasteiger partial charge is 0.285 e. The fourth-order valence-corrected chi connectivity index (χ4v) is 4.71. The number of ether oxygens (including phenoxy) is 1. The van der Waals surface area contributed by atoms with Crippen molar-refractivity contribution in [2.75, 3.05) is 7.11 Å². The molecule has 130 valence electrons. The van der Waals surface area contributed by atoms with Gasteiger partial charge in [-0.2, -0.15) is 8.42 Å². The maximum atomic E-state index is 12.6. The molecule has 0 fully saturated rings. The molecule has 1 aromatic heterocycles. The highest BCUT2D eigenvalue weighted by Crippen LogP contribution is 2.24. The number of nitrogens with zero attached hydrogens (tertiary/aromatic N) is 2. The second kappa shape index (κ2) is 7.03. The molecule has 0 aliphatic heterocycles. The monoisotopic (exact) mass is 394 g/mol. The molecule has 0 spiro atoms. The summed E-state index contributed by atoms with van der Waals surface area (Å²) in [6.45, 7) is 4.18. The lowest BCUT2D eigenvalue weighted by molar-refractivity contribution is 0.415. The summed E-state index contributed by atoms with van der Waals surface area (Å²) in [5.74, 6) is 0.701. The van der Waals surface area contributed by atoms with E-state index in [0.29, 0.717) is 22.1 Å². The van der Waals surface area contributed by atoms with Crippen molar-refractivity contribution in [1.29, 1.82) is 0 Å². The molecular formula is C17H15ClN2O3S2. The van der Waals surface area contributed by atoms with Crippen LogP contribution in [0.3, 0.4) is 0 Å². The molecule has 8 heteroatoms. The van der Waals surface area contributed by atoms with Crippen molar-refractivity contribution in [3.8, 4) is 5.75 Å². The van der Waals surface area contributed by atoms with Crippen molar-refractivity contribution in [3.63, 3.8) is 0 Å². The summed E-state index contributed by atoms with van der Waals surface area (Å²) in [5.41, 5.74) is 0.871. The Hall–Kier alpha value is -2.09. The van der Waals surface area contributed by atoms with Gasteiger partial charge in [-0.25, -0.2) is 0 Å². The Morgan fingerprint density at radius 2 is 2.00 bits per heavy atom. The van der Waals surface area contributed by atoms with Gasteiger partial charge in [0.1, 0.15) is 5.75 Å². The van der Waals surface area contributed by atoms with E-state index in [2.05, 4.69) is 11.0 Å². The SMILES string of the molecule is C=CCn1/c(=N/S(=O)(=O)c2ccc(Cl)cc2)sc2cc(OC)ccc21. The topological polar surface area (TPSA) is 60.7 Å². The van der Waals surface area contributed by atoms with Crippen LogP contribution in [-0.2, 0) is 16.6 Å². The summed E-state index contributed by atoms with van der Waals surface area (Å²) in [4.78, 5) is 0.468. The maximum absolute atomic E-state index is 12.6. The molecule has 0 atom stereocenters. The van der Waals surface area contributed by atoms with E-state index >= 15 is 0 Å². The Morgan fingerprint density at radius 3 is 2.64 bits per heavy atom. The predicted octanol–water partition coefficient (Wildman–Crippen LogP) is 3.84. The molecule has 3 aromatic rings. The minimum atomic E-state index is -3.84. The van der Waals surface area contributed by atoms with Crippen molar-refractivity contribution in [3.05, 3.63) is 64.9 Å². The minimum Gasteiger partial charge on any atom is -0.497 e. The fraction of sp³-hybridized carbons (Fsp3) is 0.118. The van der Waals surface area contributed by atoms with Crippen LogP contribution in [-0.4, -0.2) is 20.1 Å². The lowest BCUT2D eigenvalue weighted by atomic mass is 10.3. The van der Waals surface area contributed by atoms with Crippen LogP contribution < -0.4 is 9.54 Å². The van der Waals surface area contributed by atoms with Crippen LogP contribution in [0, 0.1) is 0 Å². The number of methoxy groups -OCH3 is 1. The first-order chi connectivity index (χ1) is 11.9. The standard InChI is InChI=1S/C17H15ClN2O3S2/c1-3-10-20-15-9-6-13(23-2)11-16(15)24-17(20)19-25(21,22)14-7-4-12(18)5-8-14/h3-9,11H,1,10H2,2H3/b19-17-. The number of thiazole rings is 1. The third-order valence-electron chi connectivity index (χ3n) is 3.51. The molecule has 0 aliphatic carbocycles. The van der Waals surface area contributed by atoms with Gasteiger partial charge in [0.05, 0.1) is 22.2 Å². The van der Waals surface area contributed by atoms with Gasteiger partial charge in [0.25, 0.3) is 10.0 Å². The average Bonchev–Trinajstić information content (AvgIpc) is 2.91. The number of hydrogen-bond acceptors (Lipinski definition) is 4. The van der Waals surface area contributed by atoms with Gasteiger partial charge >= 0.3 is 0 Å². The molecule has 0 radical (unpaired) electrons. The highest BCUT2D eigenvalue weighted by Gasteiger charge is 2.14. The lowest BCUT2D eigenvalue weighted by Crippen LogP contribution is -2.16. The van der Waals surface area contributed by atoms with Crippen molar-refractivity contribution in [2.45, 2.75) is 11.4 Å². The van der Waals surface area contributed by atoms with Gasteiger partial charge in [-0.3, -0.25) is 0 Å². The predicted molar refractivity (Wildman–Crippen MR) is 101 cm³/mol. The minimum absolute atomic E-state index is 0.0945. The summed E-state index contributed by atoms with van der Waals surface area (Å²) >= 11 is 7.10. The number of benzene rings is 2. The van der Waals surface area contributed by atoms with E-state index in [0.717, 1.165) is 10.2 Å². The Kier molecular flexibility index (Phi) is 4.99. The number of aromatic nitrogens is 1. The van der Waals surface area contributed by atoms with Crippen LogP contribution in [0.2, 0.25) is 5.02 Å². The number of halogens is 1. The normalized spacial score (nSPS) is 12.5. The number of hydrogen-bond donors (Lipinski definition) is 0. The van der Waals surface area contributed by atoms with Crippen molar-refractivity contribution < 1.29 is 13.2 Å². The van der Waals surface area contributed by atoms with Crippen LogP contribution in [0.5, 0.6) is 5.75 Å². The molecule has 0 unspecified atom stereocenters. The third kappa shape index (κ3) is 3.63. The first-order valence-corrected chi connectivity index (χ1v) is 9.93. The molecule has 0 saturated carbocycles. The summed E-state index contributed by atoms with van der Waals surface area (Å²) in [6, 6.07) is 11.5. The zero-order chi connectivity index (χ0) is 18.0. The Morgan fingerprint density at radius 1 is 1.28 bits per heavy atom. The lowest BCUT2D eigenvalue weighted by Gasteiger charge is -2.03. The highest BCUT2D eigenvalue weighted by atomic mass is 35.5. The zero-order valence-corrected chi connectivity index (χ0v) is 15.7. The fourth-order valence-electron chi connectivity index (χ4n) is 2.32. The van der Waals surface area contributed by atoms with Gasteiger partial charge in [0.15, 0.2) is 0 Å². The molecule has 0 N–H and O–H groups in total. The van der Waals surface area contributed by atoms with E-state index in [1.807, 2.05) is 18.2 Å². The van der Waals surface area contributed by atoms with Gasteiger partial charge in [0, 0.05) is 11.6 Å². The van der Waals surface area contributed by atoms with E-state index in [4.69, 9.17) is 16.3 Å². The van der Waals surface area contributed by atoms with E-state index in [9.17, 15) is 8.42 Å². The van der Waals surface area contributed by atoms with E-state index < -0.39 is 10.0 Å². The highest BCUT2D eigenvalue weighted by molar-refractivity contribution is 7.90. The number of sulfonamides is 1. The summed E-state index contributed by atoms with van der Waals surface area (Å²) in [5, 5.41) is 0.467. The van der Waals surface area contributed by atoms with Crippen LogP contribution in [0.15, 0.2) is 64.4 Å². The molecule has 2 aromatic carbocycles. The maximum Gasteiger partial charge on any atom is 0.285 e. The van der Waals surface area contributed by atoms with Crippen LogP contribution in [0.4, 0.5) is 0 Å². The van der Waals surface area contributed by atoms with Gasteiger partial charge in [-0.1, -0.05) is 29.0 Å². The molecular weight excluding hydrogens is 380 g/mol. The van der Waals surface area contributed by atoms with Crippen LogP contribution >= 0.6 is 22.9 Å². The van der Waals surface area contributed by atoms with Gasteiger partial charge in [-0.05, 0) is 42.5 Å².